The summed E-state index contributed by atoms with van der Waals surface area (Å²) in [7, 11) is 0. The highest BCUT2D eigenvalue weighted by molar-refractivity contribution is 6.06. The second-order valence-electron chi connectivity index (χ2n) is 8.49. The van der Waals surface area contributed by atoms with Crippen molar-refractivity contribution in [3.05, 3.63) is 83.0 Å². The van der Waals surface area contributed by atoms with Crippen LogP contribution in [0.25, 0.3) is 0 Å². The van der Waals surface area contributed by atoms with Crippen molar-refractivity contribution in [2.45, 2.75) is 34.1 Å². The molecule has 0 unspecified atom stereocenters. The van der Waals surface area contributed by atoms with E-state index >= 15 is 0 Å². The van der Waals surface area contributed by atoms with Crippen molar-refractivity contribution in [3.8, 4) is 11.5 Å². The van der Waals surface area contributed by atoms with Crippen molar-refractivity contribution in [2.24, 2.45) is 0 Å². The van der Waals surface area contributed by atoms with Crippen LogP contribution >= 0.6 is 0 Å². The summed E-state index contributed by atoms with van der Waals surface area (Å²) in [6.45, 7) is 14.7. The van der Waals surface area contributed by atoms with Gasteiger partial charge in [0.2, 0.25) is 0 Å². The fraction of sp³-hybridized carbons (Fsp3) is 0.310. The first-order chi connectivity index (χ1) is 17.6. The van der Waals surface area contributed by atoms with Gasteiger partial charge in [-0.25, -0.2) is 0 Å². The van der Waals surface area contributed by atoms with E-state index in [0.717, 1.165) is 22.3 Å². The topological polar surface area (TPSA) is 111 Å². The van der Waals surface area contributed by atoms with E-state index in [-0.39, 0.29) is 36.6 Å². The van der Waals surface area contributed by atoms with Gasteiger partial charge in [-0.15, -0.1) is 0 Å². The van der Waals surface area contributed by atoms with E-state index in [0.29, 0.717) is 42.1 Å². The van der Waals surface area contributed by atoms with Crippen LogP contribution in [0.1, 0.15) is 49.4 Å². The molecule has 2 N–H and O–H groups in total. The zero-order valence-electron chi connectivity index (χ0n) is 21.9. The summed E-state index contributed by atoms with van der Waals surface area (Å²) in [5, 5.41) is 5.48. The molecule has 0 spiro atoms. The molecule has 8 heteroatoms. The van der Waals surface area contributed by atoms with Gasteiger partial charge in [0, 0.05) is 24.2 Å². The van der Waals surface area contributed by atoms with Crippen molar-refractivity contribution in [1.29, 1.82) is 0 Å². The van der Waals surface area contributed by atoms with Gasteiger partial charge >= 0.3 is 0 Å². The van der Waals surface area contributed by atoms with Crippen LogP contribution in [0.4, 0.5) is 0 Å². The molecule has 37 heavy (non-hydrogen) atoms. The Bertz CT molecular complexity index is 1120. The van der Waals surface area contributed by atoms with Gasteiger partial charge in [-0.05, 0) is 92.8 Å². The first kappa shape index (κ1) is 29.0. The quantitative estimate of drug-likeness (QED) is 0.229. The molecule has 0 radical (unpaired) electrons. The molecule has 0 heterocycles. The van der Waals surface area contributed by atoms with E-state index in [9.17, 15) is 19.2 Å². The number of amides is 2. The Balaban J connectivity index is 1.69. The van der Waals surface area contributed by atoms with Crippen molar-refractivity contribution < 1.29 is 28.7 Å². The van der Waals surface area contributed by atoms with E-state index in [2.05, 4.69) is 23.8 Å². The van der Waals surface area contributed by atoms with Crippen LogP contribution in [-0.2, 0) is 9.59 Å². The zero-order valence-corrected chi connectivity index (χ0v) is 21.9. The number of ether oxygens (including phenoxy) is 2. The lowest BCUT2D eigenvalue weighted by Crippen LogP contribution is -2.34. The standard InChI is InChI=1S/C29H34N2O6/c1-7-24(32)22-10-12-26(20(5)18(22)3)36-16-28(34)30-14-9-15-31-29(35)17-37-27-13-11-23(25(33)8-2)19(4)21(27)6/h7-8,10-13H,1-2,9,14-17H2,3-6H3,(H,30,34)(H,31,35). The molecule has 0 fully saturated rings. The van der Waals surface area contributed by atoms with Gasteiger partial charge in [0.1, 0.15) is 11.5 Å². The molecule has 0 atom stereocenters. The van der Waals surface area contributed by atoms with Crippen LogP contribution in [0, 0.1) is 27.7 Å². The fourth-order valence-electron chi connectivity index (χ4n) is 3.59. The molecule has 2 aromatic carbocycles. The van der Waals surface area contributed by atoms with Crippen LogP contribution in [0.5, 0.6) is 11.5 Å². The third-order valence-corrected chi connectivity index (χ3v) is 6.09. The molecule has 0 aliphatic carbocycles. The van der Waals surface area contributed by atoms with Gasteiger partial charge in [0.05, 0.1) is 0 Å². The van der Waals surface area contributed by atoms with Crippen LogP contribution in [0.2, 0.25) is 0 Å². The monoisotopic (exact) mass is 506 g/mol. The predicted molar refractivity (Wildman–Crippen MR) is 143 cm³/mol. The van der Waals surface area contributed by atoms with E-state index in [4.69, 9.17) is 9.47 Å². The van der Waals surface area contributed by atoms with Crippen LogP contribution < -0.4 is 20.1 Å². The molecular formula is C29H34N2O6. The van der Waals surface area contributed by atoms with Gasteiger partial charge < -0.3 is 20.1 Å². The van der Waals surface area contributed by atoms with E-state index in [1.807, 2.05) is 27.7 Å². The second kappa shape index (κ2) is 13.8. The SMILES string of the molecule is C=CC(=O)c1ccc(OCC(=O)NCCCNC(=O)COc2ccc(C(=O)C=C)c(C)c2C)c(C)c1C. The maximum Gasteiger partial charge on any atom is 0.257 e. The molecule has 0 saturated heterocycles. The Hall–Kier alpha value is -4.20. The largest absolute Gasteiger partial charge is 0.483 e. The molecule has 0 aromatic heterocycles. The molecule has 8 nitrogen and oxygen atoms in total. The molecule has 196 valence electrons. The Kier molecular flexibility index (Phi) is 10.8. The van der Waals surface area contributed by atoms with E-state index in [1.54, 1.807) is 24.3 Å². The molecule has 0 saturated carbocycles. The van der Waals surface area contributed by atoms with E-state index in [1.165, 1.54) is 12.2 Å². The zero-order chi connectivity index (χ0) is 27.5. The number of allylic oxidation sites excluding steroid dienone is 2. The van der Waals surface area contributed by atoms with Crippen LogP contribution in [-0.4, -0.2) is 49.7 Å². The first-order valence-corrected chi connectivity index (χ1v) is 11.9. The number of ketones is 2. The Morgan fingerprint density at radius 3 is 1.41 bits per heavy atom. The maximum absolute atomic E-state index is 12.1. The average molecular weight is 507 g/mol. The van der Waals surface area contributed by atoms with Crippen molar-refractivity contribution in [1.82, 2.24) is 10.6 Å². The van der Waals surface area contributed by atoms with E-state index < -0.39 is 0 Å². The van der Waals surface area contributed by atoms with Gasteiger partial charge in [-0.3, -0.25) is 19.2 Å². The molecule has 0 aliphatic rings. The van der Waals surface area contributed by atoms with Gasteiger partial charge in [0.25, 0.3) is 11.8 Å². The van der Waals surface area contributed by atoms with Gasteiger partial charge in [-0.1, -0.05) is 13.2 Å². The van der Waals surface area contributed by atoms with Crippen molar-refractivity contribution in [3.63, 3.8) is 0 Å². The van der Waals surface area contributed by atoms with Gasteiger partial charge in [0.15, 0.2) is 24.8 Å². The highest BCUT2D eigenvalue weighted by atomic mass is 16.5. The number of rotatable bonds is 14. The summed E-state index contributed by atoms with van der Waals surface area (Å²) in [4.78, 5) is 47.9. The number of nitrogens with one attached hydrogen (secondary N) is 2. The Morgan fingerprint density at radius 2 is 1.05 bits per heavy atom. The average Bonchev–Trinajstić information content (AvgIpc) is 2.89. The lowest BCUT2D eigenvalue weighted by Gasteiger charge is -2.14. The third kappa shape index (κ3) is 7.90. The number of benzene rings is 2. The minimum Gasteiger partial charge on any atom is -0.483 e. The van der Waals surface area contributed by atoms with Crippen LogP contribution in [0.15, 0.2) is 49.6 Å². The minimum atomic E-state index is -0.290. The minimum absolute atomic E-state index is 0.162. The lowest BCUT2D eigenvalue weighted by molar-refractivity contribution is -0.123. The van der Waals surface area contributed by atoms with Gasteiger partial charge in [-0.2, -0.15) is 0 Å². The smallest absolute Gasteiger partial charge is 0.257 e. The second-order valence-corrected chi connectivity index (χ2v) is 8.49. The maximum atomic E-state index is 12.1. The molecule has 0 aliphatic heterocycles. The number of hydrogen-bond donors (Lipinski definition) is 2. The molecule has 0 bridgehead atoms. The predicted octanol–water partition coefficient (Wildman–Crippen LogP) is 3.74. The third-order valence-electron chi connectivity index (χ3n) is 6.09. The molecule has 2 rings (SSSR count). The molecular weight excluding hydrogens is 472 g/mol. The summed E-state index contributed by atoms with van der Waals surface area (Å²) in [6, 6.07) is 6.66. The number of carbonyl (C=O) groups is 4. The molecule has 2 aromatic rings. The highest BCUT2D eigenvalue weighted by Crippen LogP contribution is 2.25. The summed E-state index contributed by atoms with van der Waals surface area (Å²) >= 11 is 0. The summed E-state index contributed by atoms with van der Waals surface area (Å²) < 4.78 is 11.2. The Labute approximate surface area is 217 Å². The first-order valence-electron chi connectivity index (χ1n) is 11.9. The fourth-order valence-corrected chi connectivity index (χ4v) is 3.59. The summed E-state index contributed by atoms with van der Waals surface area (Å²) in [6.07, 6.45) is 3.06. The van der Waals surface area contributed by atoms with Crippen molar-refractivity contribution >= 4 is 23.4 Å². The normalized spacial score (nSPS) is 10.3. The summed E-state index contributed by atoms with van der Waals surface area (Å²) in [5.74, 6) is 0.166. The number of hydrogen-bond acceptors (Lipinski definition) is 6. The highest BCUT2D eigenvalue weighted by Gasteiger charge is 2.14. The number of carbonyl (C=O) groups excluding carboxylic acids is 4. The van der Waals surface area contributed by atoms with Crippen molar-refractivity contribution in [2.75, 3.05) is 26.3 Å². The molecule has 2 amide bonds. The lowest BCUT2D eigenvalue weighted by atomic mass is 9.99. The van der Waals surface area contributed by atoms with Crippen LogP contribution in [0.3, 0.4) is 0 Å². The summed E-state index contributed by atoms with van der Waals surface area (Å²) in [5.41, 5.74) is 4.26. The Morgan fingerprint density at radius 1 is 0.676 bits per heavy atom.